The number of fused-ring (bicyclic) bond motifs is 3. The Balaban J connectivity index is 1.59. The topological polar surface area (TPSA) is 26.3 Å². The lowest BCUT2D eigenvalue weighted by molar-refractivity contribution is -0.135. The lowest BCUT2D eigenvalue weighted by atomic mass is 9.52. The van der Waals surface area contributed by atoms with Crippen LogP contribution in [-0.4, -0.2) is 17.5 Å². The molecule has 0 amide bonds. The number of Topliss-reactive ketones (excluding diaryl/α,β-unsaturated/α-hetero) is 1. The van der Waals surface area contributed by atoms with Gasteiger partial charge in [0.25, 0.3) is 0 Å². The normalized spacial score (nSPS) is 44.2. The van der Waals surface area contributed by atoms with Crippen LogP contribution < -0.4 is 0 Å². The number of hydrogen-bond donors (Lipinski definition) is 0. The van der Waals surface area contributed by atoms with E-state index in [9.17, 15) is 4.79 Å². The molecule has 2 heterocycles. The van der Waals surface area contributed by atoms with Gasteiger partial charge in [0.05, 0.1) is 11.0 Å². The molecule has 5 atom stereocenters. The molecule has 3 heteroatoms. The van der Waals surface area contributed by atoms with Gasteiger partial charge in [-0.25, -0.2) is 0 Å². The number of rotatable bonds is 1. The Hall–Kier alpha value is -1.38. The van der Waals surface area contributed by atoms with E-state index in [0.717, 1.165) is 36.3 Å². The Bertz CT molecular complexity index is 778. The average Bonchev–Trinajstić information content (AvgIpc) is 3.19. The third kappa shape index (κ3) is 1.69. The summed E-state index contributed by atoms with van der Waals surface area (Å²) in [6.07, 6.45) is 10.7. The number of ketones is 1. The summed E-state index contributed by atoms with van der Waals surface area (Å²) in [4.78, 5) is 13.0. The van der Waals surface area contributed by atoms with Crippen LogP contribution in [0.5, 0.6) is 0 Å². The van der Waals surface area contributed by atoms with E-state index in [1.807, 2.05) is 24.3 Å². The molecule has 1 saturated carbocycles. The zero-order valence-corrected chi connectivity index (χ0v) is 14.6. The highest BCUT2D eigenvalue weighted by molar-refractivity contribution is 6.30. The monoisotopic (exact) mass is 340 g/mol. The molecule has 5 rings (SSSR count). The van der Waals surface area contributed by atoms with Crippen molar-refractivity contribution in [2.45, 2.75) is 44.3 Å². The van der Waals surface area contributed by atoms with Crippen molar-refractivity contribution in [1.82, 2.24) is 0 Å². The molecule has 124 valence electrons. The molecule has 2 bridgehead atoms. The van der Waals surface area contributed by atoms with Gasteiger partial charge in [-0.05, 0) is 43.0 Å². The Morgan fingerprint density at radius 1 is 1.21 bits per heavy atom. The molecular weight excluding hydrogens is 320 g/mol. The van der Waals surface area contributed by atoms with Crippen LogP contribution in [0.1, 0.15) is 38.2 Å². The maximum atomic E-state index is 13.0. The van der Waals surface area contributed by atoms with E-state index < -0.39 is 0 Å². The lowest BCUT2D eigenvalue weighted by Gasteiger charge is -2.49. The van der Waals surface area contributed by atoms with Gasteiger partial charge in [0, 0.05) is 16.9 Å². The van der Waals surface area contributed by atoms with Crippen molar-refractivity contribution in [3.63, 3.8) is 0 Å². The largest absolute Gasteiger partial charge is 0.362 e. The molecule has 24 heavy (non-hydrogen) atoms. The predicted octanol–water partition coefficient (Wildman–Crippen LogP) is 4.83. The number of hydrogen-bond acceptors (Lipinski definition) is 2. The third-order valence-corrected chi connectivity index (χ3v) is 7.11. The molecule has 0 radical (unpaired) electrons. The standard InChI is InChI=1S/C21H21ClO2/c1-20-10-2-3-11-21(20)17-14(12-13-4-7-15(22)8-5-13)6-9-16(17)18(24-21)19(20)23/h4-9,12,16-18H,2-3,10-11H2,1H3/b14-12+/t16-,17+,18-,20-,21+/m1/s1. The third-order valence-electron chi connectivity index (χ3n) is 6.86. The first-order valence-electron chi connectivity index (χ1n) is 8.93. The summed E-state index contributed by atoms with van der Waals surface area (Å²) in [5.41, 5.74) is 1.87. The first kappa shape index (κ1) is 14.9. The predicted molar refractivity (Wildman–Crippen MR) is 94.7 cm³/mol. The summed E-state index contributed by atoms with van der Waals surface area (Å²) in [7, 11) is 0. The zero-order chi connectivity index (χ0) is 16.5. The summed E-state index contributed by atoms with van der Waals surface area (Å²) >= 11 is 6.00. The Labute approximate surface area is 147 Å². The zero-order valence-electron chi connectivity index (χ0n) is 13.8. The highest BCUT2D eigenvalue weighted by Gasteiger charge is 2.74. The van der Waals surface area contributed by atoms with Crippen molar-refractivity contribution in [2.75, 3.05) is 0 Å². The van der Waals surface area contributed by atoms with Crippen LogP contribution in [0.3, 0.4) is 0 Å². The van der Waals surface area contributed by atoms with Crippen LogP contribution in [-0.2, 0) is 9.53 Å². The van der Waals surface area contributed by atoms with Gasteiger partial charge in [-0.2, -0.15) is 0 Å². The van der Waals surface area contributed by atoms with E-state index in [1.165, 1.54) is 5.57 Å². The van der Waals surface area contributed by atoms with Gasteiger partial charge in [0.15, 0.2) is 5.78 Å². The molecule has 0 aromatic heterocycles. The summed E-state index contributed by atoms with van der Waals surface area (Å²) in [5, 5.41) is 0.754. The number of halogens is 1. The van der Waals surface area contributed by atoms with Gasteiger partial charge in [-0.15, -0.1) is 0 Å². The highest BCUT2D eigenvalue weighted by atomic mass is 35.5. The molecule has 3 fully saturated rings. The minimum Gasteiger partial charge on any atom is -0.362 e. The summed E-state index contributed by atoms with van der Waals surface area (Å²) in [6.45, 7) is 2.16. The lowest BCUT2D eigenvalue weighted by Crippen LogP contribution is -2.56. The molecule has 1 aromatic carbocycles. The molecule has 2 aliphatic heterocycles. The molecule has 1 aromatic rings. The van der Waals surface area contributed by atoms with E-state index in [1.54, 1.807) is 0 Å². The van der Waals surface area contributed by atoms with Gasteiger partial charge < -0.3 is 4.74 Å². The summed E-state index contributed by atoms with van der Waals surface area (Å²) < 4.78 is 6.47. The first-order valence-corrected chi connectivity index (χ1v) is 9.30. The summed E-state index contributed by atoms with van der Waals surface area (Å²) in [6, 6.07) is 7.95. The van der Waals surface area contributed by atoms with Crippen LogP contribution in [0.25, 0.3) is 6.08 Å². The van der Waals surface area contributed by atoms with E-state index in [0.29, 0.717) is 11.7 Å². The van der Waals surface area contributed by atoms with Gasteiger partial charge in [-0.3, -0.25) is 4.79 Å². The van der Waals surface area contributed by atoms with E-state index >= 15 is 0 Å². The Kier molecular flexibility index (Phi) is 3.00. The molecular formula is C21H21ClO2. The first-order chi connectivity index (χ1) is 11.6. The van der Waals surface area contributed by atoms with E-state index in [4.69, 9.17) is 16.3 Å². The van der Waals surface area contributed by atoms with Crippen LogP contribution in [0.15, 0.2) is 42.0 Å². The maximum Gasteiger partial charge on any atom is 0.170 e. The fourth-order valence-electron chi connectivity index (χ4n) is 5.70. The van der Waals surface area contributed by atoms with Crippen molar-refractivity contribution in [3.05, 3.63) is 52.6 Å². The van der Waals surface area contributed by atoms with Crippen LogP contribution in [0.4, 0.5) is 0 Å². The number of allylic oxidation sites excluding steroid dienone is 1. The molecule has 2 aliphatic carbocycles. The minimum absolute atomic E-state index is 0.224. The quantitative estimate of drug-likeness (QED) is 0.732. The number of benzene rings is 1. The van der Waals surface area contributed by atoms with Crippen molar-refractivity contribution in [1.29, 1.82) is 0 Å². The molecule has 2 nitrogen and oxygen atoms in total. The van der Waals surface area contributed by atoms with E-state index in [-0.39, 0.29) is 23.0 Å². The Morgan fingerprint density at radius 2 is 1.96 bits per heavy atom. The van der Waals surface area contributed by atoms with Gasteiger partial charge in [-0.1, -0.05) is 54.8 Å². The van der Waals surface area contributed by atoms with Crippen LogP contribution >= 0.6 is 11.6 Å². The van der Waals surface area contributed by atoms with Gasteiger partial charge >= 0.3 is 0 Å². The van der Waals surface area contributed by atoms with Crippen molar-refractivity contribution >= 4 is 23.5 Å². The maximum absolute atomic E-state index is 13.0. The molecule has 2 saturated heterocycles. The number of carbonyl (C=O) groups excluding carboxylic acids is 1. The molecule has 4 aliphatic rings. The fourth-order valence-corrected chi connectivity index (χ4v) is 5.82. The molecule has 1 spiro atoms. The highest BCUT2D eigenvalue weighted by Crippen LogP contribution is 2.67. The van der Waals surface area contributed by atoms with Crippen LogP contribution in [0, 0.1) is 17.3 Å². The molecule has 0 unspecified atom stereocenters. The second kappa shape index (κ2) is 4.83. The minimum atomic E-state index is -0.303. The second-order valence-electron chi connectivity index (χ2n) is 7.94. The smallest absolute Gasteiger partial charge is 0.170 e. The second-order valence-corrected chi connectivity index (χ2v) is 8.38. The molecule has 0 N–H and O–H groups in total. The van der Waals surface area contributed by atoms with Gasteiger partial charge in [0.1, 0.15) is 6.10 Å². The van der Waals surface area contributed by atoms with Crippen LogP contribution in [0.2, 0.25) is 5.02 Å². The SMILES string of the molecule is C[C@]12CCCC[C@@]13O[C@@H](C2=O)[C@@H]1C=C/C(=C\c2ccc(Cl)cc2)[C@@H]13. The summed E-state index contributed by atoms with van der Waals surface area (Å²) in [5.74, 6) is 0.893. The number of carbonyl (C=O) groups is 1. The van der Waals surface area contributed by atoms with Crippen molar-refractivity contribution in [3.8, 4) is 0 Å². The Morgan fingerprint density at radius 3 is 2.75 bits per heavy atom. The average molecular weight is 341 g/mol. The van der Waals surface area contributed by atoms with Crippen molar-refractivity contribution < 1.29 is 9.53 Å². The van der Waals surface area contributed by atoms with Crippen molar-refractivity contribution in [2.24, 2.45) is 17.3 Å². The fraction of sp³-hybridized carbons (Fsp3) is 0.476. The van der Waals surface area contributed by atoms with Gasteiger partial charge in [0.2, 0.25) is 0 Å². The van der Waals surface area contributed by atoms with E-state index in [2.05, 4.69) is 25.2 Å². The number of ether oxygens (including phenoxy) is 1.